The third-order valence-electron chi connectivity index (χ3n) is 13.8. The maximum atomic E-state index is 14.2. The number of imide groups is 2. The lowest BCUT2D eigenvalue weighted by Crippen LogP contribution is -2.40. The molecule has 2 aliphatic carbocycles. The smallest absolute Gasteiger partial charge is 0.266 e. The van der Waals surface area contributed by atoms with Gasteiger partial charge in [-0.15, -0.1) is 0 Å². The summed E-state index contributed by atoms with van der Waals surface area (Å²) in [6.45, 7) is 3.79. The molecule has 8 heteroatoms. The van der Waals surface area contributed by atoms with E-state index in [1.807, 2.05) is 123 Å². The zero-order valence-corrected chi connectivity index (χ0v) is 36.9. The van der Waals surface area contributed by atoms with Crippen molar-refractivity contribution < 1.29 is 29.4 Å². The molecule has 0 atom stereocenters. The van der Waals surface area contributed by atoms with E-state index in [1.54, 1.807) is 24.3 Å². The average Bonchev–Trinajstić information content (AvgIpc) is 4.10. The molecular weight excluding hydrogens is 845 g/mol. The van der Waals surface area contributed by atoms with Crippen LogP contribution in [0.1, 0.15) is 76.0 Å². The van der Waals surface area contributed by atoms with Gasteiger partial charge in [0.15, 0.2) is 0 Å². The second kappa shape index (κ2) is 15.4. The Bertz CT molecular complexity index is 3710. The highest BCUT2D eigenvalue weighted by Crippen LogP contribution is 2.46. The van der Waals surface area contributed by atoms with Crippen molar-refractivity contribution in [2.75, 3.05) is 9.80 Å². The summed E-state index contributed by atoms with van der Waals surface area (Å²) in [5, 5.41) is 25.5. The van der Waals surface area contributed by atoms with Gasteiger partial charge in [0.2, 0.25) is 0 Å². The summed E-state index contributed by atoms with van der Waals surface area (Å²) in [5.41, 5.74) is 11.3. The van der Waals surface area contributed by atoms with Gasteiger partial charge in [0.25, 0.3) is 23.6 Å². The molecule has 326 valence electrons. The van der Waals surface area contributed by atoms with Crippen molar-refractivity contribution >= 4 is 62.1 Å². The number of amides is 4. The number of phenols is 2. The third kappa shape index (κ3) is 6.14. The molecule has 0 radical (unpaired) electrons. The van der Waals surface area contributed by atoms with E-state index in [1.165, 1.54) is 21.9 Å². The molecule has 0 saturated heterocycles. The van der Waals surface area contributed by atoms with Crippen molar-refractivity contribution in [2.45, 2.75) is 26.2 Å². The zero-order chi connectivity index (χ0) is 46.5. The summed E-state index contributed by atoms with van der Waals surface area (Å²) in [5.74, 6) is -1.84. The standard InChI is InChI=1S/C60H40N2O6/c1-33-29-41(35-9-3-4-10-35)25-27-49(33)61-57(65)45-15-7-13-43-53(51(63)31-47(55(43)45)59(61)67)39-21-17-37(18-22-39)38-19-23-40(24-20-38)54-44-14-8-16-46-56(44)48(32-52(54)64)60(68)62(58(46)66)50-28-26-42(30-34(50)2)36-11-5-6-12-36/h3-5,7-32,35,63-64H,6H2,1-2H3. The van der Waals surface area contributed by atoms with Crippen LogP contribution in [0.3, 0.4) is 0 Å². The van der Waals surface area contributed by atoms with Crippen molar-refractivity contribution in [3.8, 4) is 44.9 Å². The second-order valence-electron chi connectivity index (χ2n) is 17.8. The van der Waals surface area contributed by atoms with Crippen molar-refractivity contribution in [2.24, 2.45) is 0 Å². The topological polar surface area (TPSA) is 115 Å². The summed E-state index contributed by atoms with van der Waals surface area (Å²) >= 11 is 0. The number of allylic oxidation sites excluding steroid dienone is 8. The number of aryl methyl sites for hydroxylation is 2. The number of rotatable bonds is 7. The van der Waals surface area contributed by atoms with Crippen LogP contribution in [-0.2, 0) is 0 Å². The number of carbonyl (C=O) groups excluding carboxylic acids is 4. The lowest BCUT2D eigenvalue weighted by molar-refractivity contribution is 0.0877. The predicted octanol–water partition coefficient (Wildman–Crippen LogP) is 13.2. The van der Waals surface area contributed by atoms with Crippen LogP contribution in [0.25, 0.3) is 60.5 Å². The molecule has 4 amide bonds. The van der Waals surface area contributed by atoms with Crippen LogP contribution >= 0.6 is 0 Å². The fourth-order valence-electron chi connectivity index (χ4n) is 10.6. The molecule has 0 bridgehead atoms. The lowest BCUT2D eigenvalue weighted by Gasteiger charge is -2.29. The fraction of sp³-hybridized carbons (Fsp3) is 0.0667. The van der Waals surface area contributed by atoms with Gasteiger partial charge in [0.05, 0.1) is 22.5 Å². The summed E-state index contributed by atoms with van der Waals surface area (Å²) in [4.78, 5) is 59.3. The number of nitrogens with zero attached hydrogens (tertiary/aromatic N) is 2. The van der Waals surface area contributed by atoms with E-state index < -0.39 is 23.6 Å². The molecule has 8 aromatic carbocycles. The number of hydrogen-bond donors (Lipinski definition) is 2. The molecule has 2 N–H and O–H groups in total. The molecule has 0 spiro atoms. The third-order valence-corrected chi connectivity index (χ3v) is 13.8. The Morgan fingerprint density at radius 1 is 0.485 bits per heavy atom. The predicted molar refractivity (Wildman–Crippen MR) is 268 cm³/mol. The molecule has 0 saturated carbocycles. The molecule has 0 fully saturated rings. The van der Waals surface area contributed by atoms with Crippen molar-refractivity contribution in [1.82, 2.24) is 0 Å². The van der Waals surface area contributed by atoms with Gasteiger partial charge in [-0.2, -0.15) is 0 Å². The van der Waals surface area contributed by atoms with E-state index in [0.29, 0.717) is 66.3 Å². The van der Waals surface area contributed by atoms with E-state index in [9.17, 15) is 29.4 Å². The Balaban J connectivity index is 0.836. The van der Waals surface area contributed by atoms with Gasteiger partial charge in [-0.05, 0) is 124 Å². The zero-order valence-electron chi connectivity index (χ0n) is 36.9. The van der Waals surface area contributed by atoms with E-state index in [-0.39, 0.29) is 28.5 Å². The molecule has 2 heterocycles. The SMILES string of the molecule is Cc1cc(C2=CCC=C2)ccc1N1C(=O)c2cccc3c(-c4ccc(-c5ccc(-c6c(O)cc7c8c(cccc68)C(=O)N(c6ccc(C8C=CC=C8)cc6C)C7=O)cc5)cc4)c(O)cc(c23)C1=O. The first-order valence-electron chi connectivity index (χ1n) is 22.5. The normalized spacial score (nSPS) is 15.2. The summed E-state index contributed by atoms with van der Waals surface area (Å²) < 4.78 is 0. The minimum Gasteiger partial charge on any atom is -0.507 e. The molecule has 68 heavy (non-hydrogen) atoms. The van der Waals surface area contributed by atoms with Crippen molar-refractivity contribution in [3.05, 3.63) is 220 Å². The summed E-state index contributed by atoms with van der Waals surface area (Å²) in [6, 6.07) is 40.5. The molecule has 12 rings (SSSR count). The Kier molecular flexibility index (Phi) is 9.17. The molecule has 0 aromatic heterocycles. The van der Waals surface area contributed by atoms with Gasteiger partial charge in [0, 0.05) is 38.9 Å². The average molecular weight is 885 g/mol. The molecule has 8 nitrogen and oxygen atoms in total. The minimum absolute atomic E-state index is 0.0764. The number of phenolic OH excluding ortho intramolecular Hbond substituents is 2. The quantitative estimate of drug-likeness (QED) is 0.154. The van der Waals surface area contributed by atoms with Gasteiger partial charge in [-0.25, -0.2) is 9.80 Å². The van der Waals surface area contributed by atoms with E-state index >= 15 is 0 Å². The monoisotopic (exact) mass is 884 g/mol. The lowest BCUT2D eigenvalue weighted by atomic mass is 9.87. The van der Waals surface area contributed by atoms with Gasteiger partial charge in [-0.3, -0.25) is 19.2 Å². The molecule has 2 aliphatic heterocycles. The summed E-state index contributed by atoms with van der Waals surface area (Å²) in [6.07, 6.45) is 15.4. The first-order chi connectivity index (χ1) is 33.0. The van der Waals surface area contributed by atoms with Gasteiger partial charge < -0.3 is 10.2 Å². The minimum atomic E-state index is -0.494. The van der Waals surface area contributed by atoms with Crippen LogP contribution in [0.15, 0.2) is 176 Å². The van der Waals surface area contributed by atoms with Crippen LogP contribution in [-0.4, -0.2) is 33.8 Å². The van der Waals surface area contributed by atoms with Crippen molar-refractivity contribution in [1.29, 1.82) is 0 Å². The number of hydrogen-bond acceptors (Lipinski definition) is 6. The first kappa shape index (κ1) is 40.6. The largest absolute Gasteiger partial charge is 0.507 e. The van der Waals surface area contributed by atoms with Crippen LogP contribution < -0.4 is 9.80 Å². The van der Waals surface area contributed by atoms with E-state index in [0.717, 1.165) is 45.4 Å². The highest BCUT2D eigenvalue weighted by molar-refractivity contribution is 6.38. The van der Waals surface area contributed by atoms with E-state index in [2.05, 4.69) is 30.4 Å². The maximum absolute atomic E-state index is 14.2. The molecule has 8 aromatic rings. The van der Waals surface area contributed by atoms with Gasteiger partial charge in [-0.1, -0.05) is 134 Å². The first-order valence-corrected chi connectivity index (χ1v) is 22.5. The number of carbonyl (C=O) groups is 4. The van der Waals surface area contributed by atoms with Crippen LogP contribution in [0, 0.1) is 13.8 Å². The van der Waals surface area contributed by atoms with Crippen LogP contribution in [0.4, 0.5) is 11.4 Å². The number of anilines is 2. The molecule has 4 aliphatic rings. The van der Waals surface area contributed by atoms with Crippen LogP contribution in [0.5, 0.6) is 11.5 Å². The van der Waals surface area contributed by atoms with E-state index in [4.69, 9.17) is 0 Å². The highest BCUT2D eigenvalue weighted by Gasteiger charge is 2.38. The number of aromatic hydroxyl groups is 2. The van der Waals surface area contributed by atoms with Crippen LogP contribution in [0.2, 0.25) is 0 Å². The Morgan fingerprint density at radius 2 is 0.941 bits per heavy atom. The maximum Gasteiger partial charge on any atom is 0.266 e. The Labute approximate surface area is 391 Å². The highest BCUT2D eigenvalue weighted by atomic mass is 16.3. The molecular formula is C60H40N2O6. The Morgan fingerprint density at radius 3 is 1.41 bits per heavy atom. The molecule has 0 unspecified atom stereocenters. The number of benzene rings is 8. The Hall–Kier alpha value is -8.88. The second-order valence-corrected chi connectivity index (χ2v) is 17.8. The summed E-state index contributed by atoms with van der Waals surface area (Å²) in [7, 11) is 0. The van der Waals surface area contributed by atoms with Crippen molar-refractivity contribution in [3.63, 3.8) is 0 Å². The fourth-order valence-corrected chi connectivity index (χ4v) is 10.6. The van der Waals surface area contributed by atoms with Gasteiger partial charge >= 0.3 is 0 Å². The van der Waals surface area contributed by atoms with Gasteiger partial charge in [0.1, 0.15) is 11.5 Å².